The molecule has 0 unspecified atom stereocenters. The molecule has 0 saturated carbocycles. The van der Waals surface area contributed by atoms with Gasteiger partial charge in [-0.25, -0.2) is 4.98 Å². The molecule has 1 aromatic heterocycles. The Morgan fingerprint density at radius 1 is 1.20 bits per heavy atom. The Kier molecular flexibility index (Phi) is 5.09. The molecule has 0 fully saturated rings. The number of rotatable bonds is 6. The van der Waals surface area contributed by atoms with Crippen molar-refractivity contribution >= 4 is 5.82 Å². The van der Waals surface area contributed by atoms with Crippen molar-refractivity contribution in [3.63, 3.8) is 0 Å². The number of hydrogen-bond acceptors (Lipinski definition) is 4. The Hall–Kier alpha value is -1.91. The van der Waals surface area contributed by atoms with Crippen molar-refractivity contribution in [3.05, 3.63) is 59.8 Å². The van der Waals surface area contributed by atoms with E-state index in [1.807, 2.05) is 41.3 Å². The topological polar surface area (TPSA) is 56.6 Å². The Balaban J connectivity index is 2.21. The molecule has 0 aliphatic rings. The maximum absolute atomic E-state index is 9.65. The Morgan fingerprint density at radius 2 is 1.95 bits per heavy atom. The van der Waals surface area contributed by atoms with Gasteiger partial charge in [0.1, 0.15) is 5.82 Å². The number of benzene rings is 1. The van der Waals surface area contributed by atoms with E-state index >= 15 is 0 Å². The van der Waals surface area contributed by atoms with Crippen LogP contribution in [-0.2, 0) is 6.54 Å². The molecule has 1 heterocycles. The molecule has 20 heavy (non-hydrogen) atoms. The Bertz CT molecular complexity index is 529. The van der Waals surface area contributed by atoms with Crippen molar-refractivity contribution in [1.29, 1.82) is 0 Å². The molecule has 0 radical (unpaired) electrons. The average molecular weight is 272 g/mol. The number of aromatic nitrogens is 1. The highest BCUT2D eigenvalue weighted by Gasteiger charge is 2.10. The summed E-state index contributed by atoms with van der Waals surface area (Å²) in [6, 6.07) is 13.7. The molecule has 2 aromatic rings. The van der Waals surface area contributed by atoms with Crippen LogP contribution in [0.1, 0.15) is 24.2 Å². The number of nitrogens with zero attached hydrogens (tertiary/aromatic N) is 2. The van der Waals surface area contributed by atoms with Gasteiger partial charge in [0.2, 0.25) is 0 Å². The van der Waals surface area contributed by atoms with Gasteiger partial charge in [-0.3, -0.25) is 0 Å². The quantitative estimate of drug-likeness (QED) is 0.846. The Morgan fingerprint density at radius 3 is 2.60 bits per heavy atom. The van der Waals surface area contributed by atoms with Gasteiger partial charge in [-0.1, -0.05) is 30.3 Å². The number of pyridine rings is 1. The molecule has 2 rings (SSSR count). The second kappa shape index (κ2) is 7.03. The van der Waals surface area contributed by atoms with E-state index in [1.54, 1.807) is 19.2 Å². The fourth-order valence-electron chi connectivity index (χ4n) is 2.07. The maximum atomic E-state index is 9.65. The molecule has 1 aromatic carbocycles. The molecular formula is C16H20N2O2. The zero-order valence-corrected chi connectivity index (χ0v) is 11.6. The van der Waals surface area contributed by atoms with Crippen molar-refractivity contribution in [2.45, 2.75) is 19.6 Å². The number of aliphatic hydroxyl groups excluding tert-OH is 2. The minimum Gasteiger partial charge on any atom is -0.395 e. The van der Waals surface area contributed by atoms with Crippen molar-refractivity contribution in [2.75, 3.05) is 18.1 Å². The van der Waals surface area contributed by atoms with E-state index in [-0.39, 0.29) is 6.61 Å². The van der Waals surface area contributed by atoms with Crippen LogP contribution in [0.4, 0.5) is 5.82 Å². The molecule has 106 valence electrons. The molecule has 1 atom stereocenters. The fraction of sp³-hybridized carbons (Fsp3) is 0.312. The minimum absolute atomic E-state index is 0.0629. The van der Waals surface area contributed by atoms with Crippen LogP contribution in [0, 0.1) is 0 Å². The molecule has 0 aliphatic carbocycles. The van der Waals surface area contributed by atoms with Gasteiger partial charge in [-0.15, -0.1) is 0 Å². The summed E-state index contributed by atoms with van der Waals surface area (Å²) in [5.41, 5.74) is 1.98. The summed E-state index contributed by atoms with van der Waals surface area (Å²) in [5.74, 6) is 0.765. The minimum atomic E-state index is -0.524. The van der Waals surface area contributed by atoms with E-state index in [1.165, 1.54) is 0 Å². The van der Waals surface area contributed by atoms with Gasteiger partial charge in [-0.05, 0) is 30.2 Å². The molecule has 2 N–H and O–H groups in total. The van der Waals surface area contributed by atoms with Crippen LogP contribution in [0.15, 0.2) is 48.7 Å². The highest BCUT2D eigenvalue weighted by atomic mass is 16.3. The molecule has 0 aliphatic heterocycles. The highest BCUT2D eigenvalue weighted by molar-refractivity contribution is 5.42. The van der Waals surface area contributed by atoms with Gasteiger partial charge in [0.25, 0.3) is 0 Å². The van der Waals surface area contributed by atoms with Gasteiger partial charge in [0.15, 0.2) is 0 Å². The lowest BCUT2D eigenvalue weighted by atomic mass is 10.1. The van der Waals surface area contributed by atoms with Crippen LogP contribution in [-0.4, -0.2) is 28.3 Å². The molecule has 4 nitrogen and oxygen atoms in total. The lowest BCUT2D eigenvalue weighted by molar-refractivity contribution is 0.199. The summed E-state index contributed by atoms with van der Waals surface area (Å²) in [4.78, 5) is 6.34. The smallest absolute Gasteiger partial charge is 0.129 e. The lowest BCUT2D eigenvalue weighted by Gasteiger charge is -2.23. The van der Waals surface area contributed by atoms with Gasteiger partial charge in [0.05, 0.1) is 12.7 Å². The second-order valence-electron chi connectivity index (χ2n) is 4.75. The third-order valence-corrected chi connectivity index (χ3v) is 3.16. The zero-order chi connectivity index (χ0) is 14.4. The molecule has 4 heteroatoms. The molecule has 0 bridgehead atoms. The summed E-state index contributed by atoms with van der Waals surface area (Å²) in [7, 11) is 0. The number of hydrogen-bond donors (Lipinski definition) is 2. The number of aliphatic hydroxyl groups is 2. The van der Waals surface area contributed by atoms with Crippen molar-refractivity contribution < 1.29 is 10.2 Å². The third-order valence-electron chi connectivity index (χ3n) is 3.16. The third kappa shape index (κ3) is 3.79. The first-order valence-electron chi connectivity index (χ1n) is 6.74. The predicted molar refractivity (Wildman–Crippen MR) is 79.4 cm³/mol. The highest BCUT2D eigenvalue weighted by Crippen LogP contribution is 2.19. The summed E-state index contributed by atoms with van der Waals surface area (Å²) >= 11 is 0. The maximum Gasteiger partial charge on any atom is 0.129 e. The summed E-state index contributed by atoms with van der Waals surface area (Å²) in [5, 5.41) is 18.9. The molecular weight excluding hydrogens is 252 g/mol. The normalized spacial score (nSPS) is 12.2. The SMILES string of the molecule is C[C@@H](O)c1ccnc(N(CCO)Cc2ccccc2)c1. The Labute approximate surface area is 119 Å². The van der Waals surface area contributed by atoms with Gasteiger partial charge in [-0.2, -0.15) is 0 Å². The predicted octanol–water partition coefficient (Wildman–Crippen LogP) is 2.13. The second-order valence-corrected chi connectivity index (χ2v) is 4.75. The molecule has 0 saturated heterocycles. The fourth-order valence-corrected chi connectivity index (χ4v) is 2.07. The van der Waals surface area contributed by atoms with Crippen LogP contribution in [0.3, 0.4) is 0 Å². The van der Waals surface area contributed by atoms with Crippen LogP contribution in [0.2, 0.25) is 0 Å². The van der Waals surface area contributed by atoms with E-state index in [0.29, 0.717) is 13.1 Å². The average Bonchev–Trinajstić information content (AvgIpc) is 2.48. The standard InChI is InChI=1S/C16H20N2O2/c1-13(20)15-7-8-17-16(11-15)18(9-10-19)12-14-5-3-2-4-6-14/h2-8,11,13,19-20H,9-10,12H2,1H3/t13-/m1/s1. The summed E-state index contributed by atoms with van der Waals surface area (Å²) < 4.78 is 0. The van der Waals surface area contributed by atoms with E-state index in [2.05, 4.69) is 4.98 Å². The van der Waals surface area contributed by atoms with Gasteiger partial charge in [0, 0.05) is 19.3 Å². The van der Waals surface area contributed by atoms with Crippen LogP contribution >= 0.6 is 0 Å². The van der Waals surface area contributed by atoms with Crippen molar-refractivity contribution in [2.24, 2.45) is 0 Å². The largest absolute Gasteiger partial charge is 0.395 e. The number of anilines is 1. The van der Waals surface area contributed by atoms with Crippen LogP contribution in [0.25, 0.3) is 0 Å². The van der Waals surface area contributed by atoms with Crippen molar-refractivity contribution in [3.8, 4) is 0 Å². The first-order valence-corrected chi connectivity index (χ1v) is 6.74. The molecule has 0 amide bonds. The zero-order valence-electron chi connectivity index (χ0n) is 11.6. The van der Waals surface area contributed by atoms with E-state index in [4.69, 9.17) is 0 Å². The molecule has 0 spiro atoms. The van der Waals surface area contributed by atoms with Crippen LogP contribution in [0.5, 0.6) is 0 Å². The summed E-state index contributed by atoms with van der Waals surface area (Å²) in [6.45, 7) is 2.98. The first kappa shape index (κ1) is 14.5. The van der Waals surface area contributed by atoms with Crippen molar-refractivity contribution in [1.82, 2.24) is 4.98 Å². The van der Waals surface area contributed by atoms with Crippen LogP contribution < -0.4 is 4.90 Å². The van der Waals surface area contributed by atoms with Gasteiger partial charge >= 0.3 is 0 Å². The van der Waals surface area contributed by atoms with Gasteiger partial charge < -0.3 is 15.1 Å². The van der Waals surface area contributed by atoms with E-state index in [9.17, 15) is 10.2 Å². The van der Waals surface area contributed by atoms with E-state index < -0.39 is 6.10 Å². The summed E-state index contributed by atoms with van der Waals surface area (Å²) in [6.07, 6.45) is 1.16. The first-order chi connectivity index (χ1) is 9.70. The lowest BCUT2D eigenvalue weighted by Crippen LogP contribution is -2.27. The monoisotopic (exact) mass is 272 g/mol. The van der Waals surface area contributed by atoms with E-state index in [0.717, 1.165) is 16.9 Å².